The Morgan fingerprint density at radius 3 is 3.09 bits per heavy atom. The molecule has 2 aromatic rings. The van der Waals surface area contributed by atoms with E-state index >= 15 is 0 Å². The van der Waals surface area contributed by atoms with Gasteiger partial charge in [0.2, 0.25) is 0 Å². The van der Waals surface area contributed by atoms with Gasteiger partial charge in [0.15, 0.2) is 5.69 Å². The normalized spacial score (nSPS) is 22.0. The average molecular weight is 337 g/mol. The van der Waals surface area contributed by atoms with E-state index < -0.39 is 0 Å². The fourth-order valence-corrected chi connectivity index (χ4v) is 3.11. The zero-order valence-electron chi connectivity index (χ0n) is 12.4. The van der Waals surface area contributed by atoms with Crippen LogP contribution in [-0.2, 0) is 13.0 Å². The first-order chi connectivity index (χ1) is 10.7. The molecular weight excluding hydrogens is 319 g/mol. The number of carbonyl (C=O) groups excluding carboxylic acids is 1. The number of fused-ring (bicyclic) bond motifs is 1. The van der Waals surface area contributed by atoms with E-state index in [1.165, 1.54) is 12.1 Å². The Morgan fingerprint density at radius 2 is 2.26 bits per heavy atom. The van der Waals surface area contributed by atoms with Crippen LogP contribution >= 0.6 is 12.4 Å². The molecule has 1 aromatic heterocycles. The lowest BCUT2D eigenvalue weighted by Crippen LogP contribution is -2.30. The van der Waals surface area contributed by atoms with Crippen LogP contribution < -0.4 is 10.6 Å². The fourth-order valence-electron chi connectivity index (χ4n) is 3.11. The summed E-state index contributed by atoms with van der Waals surface area (Å²) < 4.78 is 13.2. The van der Waals surface area contributed by atoms with Gasteiger partial charge < -0.3 is 10.6 Å². The van der Waals surface area contributed by atoms with E-state index in [9.17, 15) is 9.18 Å². The molecule has 2 atom stereocenters. The Balaban J connectivity index is 0.00000156. The van der Waals surface area contributed by atoms with Gasteiger partial charge in [0, 0.05) is 42.7 Å². The van der Waals surface area contributed by atoms with Gasteiger partial charge in [0.05, 0.1) is 0 Å². The molecule has 0 saturated heterocycles. The van der Waals surface area contributed by atoms with Crippen molar-refractivity contribution in [3.63, 3.8) is 0 Å². The van der Waals surface area contributed by atoms with Crippen LogP contribution in [0.4, 0.5) is 4.39 Å². The number of halogens is 2. The van der Waals surface area contributed by atoms with Crippen molar-refractivity contribution in [3.05, 3.63) is 52.6 Å². The first-order valence-electron chi connectivity index (χ1n) is 7.55. The topological polar surface area (TPSA) is 69.8 Å². The van der Waals surface area contributed by atoms with E-state index in [1.807, 2.05) is 6.07 Å². The van der Waals surface area contributed by atoms with Crippen LogP contribution in [0.2, 0.25) is 0 Å². The number of aromatic nitrogens is 2. The number of benzene rings is 1. The van der Waals surface area contributed by atoms with Crippen molar-refractivity contribution in [1.29, 1.82) is 0 Å². The van der Waals surface area contributed by atoms with Gasteiger partial charge in [-0.1, -0.05) is 12.1 Å². The van der Waals surface area contributed by atoms with Crippen LogP contribution in [0.1, 0.15) is 39.6 Å². The second kappa shape index (κ2) is 6.29. The number of hydrogen-bond donors (Lipinski definition) is 3. The Labute approximate surface area is 139 Å². The molecule has 5 nitrogen and oxygen atoms in total. The average Bonchev–Trinajstić information content (AvgIpc) is 3.15. The predicted molar refractivity (Wildman–Crippen MR) is 86.3 cm³/mol. The molecule has 2 heterocycles. The predicted octanol–water partition coefficient (Wildman–Crippen LogP) is 1.90. The van der Waals surface area contributed by atoms with Crippen molar-refractivity contribution in [1.82, 2.24) is 20.8 Å². The van der Waals surface area contributed by atoms with Gasteiger partial charge in [-0.2, -0.15) is 5.10 Å². The smallest absolute Gasteiger partial charge is 0.272 e. The molecule has 122 valence electrons. The van der Waals surface area contributed by atoms with Crippen LogP contribution in [0.25, 0.3) is 0 Å². The first kappa shape index (κ1) is 16.0. The maximum absolute atomic E-state index is 13.2. The van der Waals surface area contributed by atoms with Crippen molar-refractivity contribution in [3.8, 4) is 0 Å². The fraction of sp³-hybridized carbons (Fsp3) is 0.375. The summed E-state index contributed by atoms with van der Waals surface area (Å²) in [5.74, 6) is -0.181. The van der Waals surface area contributed by atoms with E-state index in [0.717, 1.165) is 36.2 Å². The lowest BCUT2D eigenvalue weighted by Gasteiger charge is -2.12. The highest BCUT2D eigenvalue weighted by atomic mass is 35.5. The summed E-state index contributed by atoms with van der Waals surface area (Å²) in [4.78, 5) is 12.4. The van der Waals surface area contributed by atoms with Gasteiger partial charge >= 0.3 is 0 Å². The van der Waals surface area contributed by atoms with Gasteiger partial charge in [0.1, 0.15) is 5.82 Å². The molecule has 1 saturated carbocycles. The molecule has 2 unspecified atom stereocenters. The van der Waals surface area contributed by atoms with Crippen LogP contribution in [0.5, 0.6) is 0 Å². The summed E-state index contributed by atoms with van der Waals surface area (Å²) in [5, 5.41) is 13.4. The molecule has 0 spiro atoms. The molecule has 0 bridgehead atoms. The molecule has 1 aliphatic heterocycles. The molecule has 7 heteroatoms. The van der Waals surface area contributed by atoms with Crippen LogP contribution in [-0.4, -0.2) is 28.7 Å². The van der Waals surface area contributed by atoms with Crippen LogP contribution in [0, 0.1) is 5.82 Å². The standard InChI is InChI=1S/C16H17FN4O.ClH/c17-10-3-1-2-9(6-10)11-7-14(11)19-16(22)15-12-8-18-5-4-13(12)20-21-15;/h1-3,6,11,14,18H,4-5,7-8H2,(H,19,22)(H,20,21);1H. The third-order valence-electron chi connectivity index (χ3n) is 4.41. The van der Waals surface area contributed by atoms with Gasteiger partial charge in [-0.05, 0) is 24.1 Å². The van der Waals surface area contributed by atoms with E-state index in [-0.39, 0.29) is 36.1 Å². The number of carbonyl (C=O) groups is 1. The van der Waals surface area contributed by atoms with E-state index in [0.29, 0.717) is 12.2 Å². The number of nitrogens with zero attached hydrogens (tertiary/aromatic N) is 1. The SMILES string of the molecule is Cl.O=C(NC1CC1c1cccc(F)c1)c1n[nH]c2c1CNCC2. The van der Waals surface area contributed by atoms with Crippen molar-refractivity contribution < 1.29 is 9.18 Å². The number of amides is 1. The first-order valence-corrected chi connectivity index (χ1v) is 7.55. The van der Waals surface area contributed by atoms with Crippen LogP contribution in [0.3, 0.4) is 0 Å². The second-order valence-electron chi connectivity index (χ2n) is 5.93. The molecule has 1 amide bonds. The molecule has 4 rings (SSSR count). The van der Waals surface area contributed by atoms with Gasteiger partial charge in [-0.25, -0.2) is 4.39 Å². The third-order valence-corrected chi connectivity index (χ3v) is 4.41. The third kappa shape index (κ3) is 3.09. The highest BCUT2D eigenvalue weighted by Gasteiger charge is 2.40. The summed E-state index contributed by atoms with van der Waals surface area (Å²) >= 11 is 0. The summed E-state index contributed by atoms with van der Waals surface area (Å²) in [7, 11) is 0. The Bertz CT molecular complexity index is 733. The summed E-state index contributed by atoms with van der Waals surface area (Å²) in [6.45, 7) is 1.58. The zero-order valence-corrected chi connectivity index (χ0v) is 13.3. The summed E-state index contributed by atoms with van der Waals surface area (Å²) in [6, 6.07) is 6.65. The van der Waals surface area contributed by atoms with Crippen molar-refractivity contribution in [2.45, 2.75) is 31.3 Å². The molecule has 23 heavy (non-hydrogen) atoms. The van der Waals surface area contributed by atoms with Crippen LogP contribution in [0.15, 0.2) is 24.3 Å². The van der Waals surface area contributed by atoms with Gasteiger partial charge in [0.25, 0.3) is 5.91 Å². The lowest BCUT2D eigenvalue weighted by atomic mass is 10.1. The number of H-pyrrole nitrogens is 1. The molecule has 1 aromatic carbocycles. The van der Waals surface area contributed by atoms with E-state index in [1.54, 1.807) is 6.07 Å². The molecule has 1 aliphatic carbocycles. The van der Waals surface area contributed by atoms with Crippen molar-refractivity contribution >= 4 is 18.3 Å². The van der Waals surface area contributed by atoms with E-state index in [2.05, 4.69) is 20.8 Å². The van der Waals surface area contributed by atoms with E-state index in [4.69, 9.17) is 0 Å². The molecular formula is C16H18ClFN4O. The van der Waals surface area contributed by atoms with Gasteiger partial charge in [-0.15, -0.1) is 12.4 Å². The molecule has 2 aliphatic rings. The maximum Gasteiger partial charge on any atom is 0.272 e. The minimum Gasteiger partial charge on any atom is -0.347 e. The lowest BCUT2D eigenvalue weighted by molar-refractivity contribution is 0.0944. The highest BCUT2D eigenvalue weighted by Crippen LogP contribution is 2.41. The number of hydrogen-bond acceptors (Lipinski definition) is 3. The number of aromatic amines is 1. The summed E-state index contributed by atoms with van der Waals surface area (Å²) in [6.07, 6.45) is 1.71. The molecule has 0 radical (unpaired) electrons. The minimum absolute atomic E-state index is 0. The summed E-state index contributed by atoms with van der Waals surface area (Å²) in [5.41, 5.74) is 3.43. The molecule has 1 fully saturated rings. The highest BCUT2D eigenvalue weighted by molar-refractivity contribution is 5.94. The van der Waals surface area contributed by atoms with Crippen molar-refractivity contribution in [2.75, 3.05) is 6.54 Å². The number of rotatable bonds is 3. The Morgan fingerprint density at radius 1 is 1.39 bits per heavy atom. The van der Waals surface area contributed by atoms with Gasteiger partial charge in [-0.3, -0.25) is 9.89 Å². The monoisotopic (exact) mass is 336 g/mol. The van der Waals surface area contributed by atoms with Crippen molar-refractivity contribution in [2.24, 2.45) is 0 Å². The largest absolute Gasteiger partial charge is 0.347 e. The Kier molecular flexibility index (Phi) is 4.37. The zero-order chi connectivity index (χ0) is 15.1. The number of nitrogens with one attached hydrogen (secondary N) is 3. The Hall–Kier alpha value is -1.92. The quantitative estimate of drug-likeness (QED) is 0.802. The minimum atomic E-state index is -0.234. The second-order valence-corrected chi connectivity index (χ2v) is 5.93. The molecule has 3 N–H and O–H groups in total. The maximum atomic E-state index is 13.2.